The highest BCUT2D eigenvalue weighted by Crippen LogP contribution is 2.34. The SMILES string of the molecule is Cc1ccc(C(CC(=O)O)c2ccc(F)cc2F)cc1CN1CCOc2ccccc2S1(=O)=O. The molecule has 1 heterocycles. The predicted molar refractivity (Wildman–Crippen MR) is 121 cm³/mol. The summed E-state index contributed by atoms with van der Waals surface area (Å²) in [5, 5.41) is 9.43. The molecule has 0 aromatic heterocycles. The molecule has 0 fully saturated rings. The maximum atomic E-state index is 14.5. The lowest BCUT2D eigenvalue weighted by atomic mass is 9.86. The summed E-state index contributed by atoms with van der Waals surface area (Å²) in [6.45, 7) is 2.16. The van der Waals surface area contributed by atoms with Crippen LogP contribution in [0, 0.1) is 18.6 Å². The molecule has 4 rings (SSSR count). The molecule has 0 bridgehead atoms. The van der Waals surface area contributed by atoms with Gasteiger partial charge in [-0.3, -0.25) is 4.79 Å². The summed E-state index contributed by atoms with van der Waals surface area (Å²) in [5.74, 6) is -3.31. The summed E-state index contributed by atoms with van der Waals surface area (Å²) in [6.07, 6.45) is -0.408. The van der Waals surface area contributed by atoms with Crippen LogP contribution in [0.4, 0.5) is 8.78 Å². The zero-order chi connectivity index (χ0) is 24.5. The van der Waals surface area contributed by atoms with E-state index in [0.29, 0.717) is 16.9 Å². The first kappa shape index (κ1) is 23.8. The molecule has 0 radical (unpaired) electrons. The Morgan fingerprint density at radius 2 is 1.88 bits per heavy atom. The van der Waals surface area contributed by atoms with Gasteiger partial charge in [0.15, 0.2) is 0 Å². The third-order valence-electron chi connectivity index (χ3n) is 5.90. The van der Waals surface area contributed by atoms with Crippen molar-refractivity contribution in [3.63, 3.8) is 0 Å². The van der Waals surface area contributed by atoms with Crippen LogP contribution in [0.1, 0.15) is 34.6 Å². The summed E-state index contributed by atoms with van der Waals surface area (Å²) >= 11 is 0. The van der Waals surface area contributed by atoms with E-state index in [1.165, 1.54) is 16.4 Å². The van der Waals surface area contributed by atoms with Crippen LogP contribution in [0.25, 0.3) is 0 Å². The van der Waals surface area contributed by atoms with Crippen molar-refractivity contribution < 1.29 is 31.8 Å². The van der Waals surface area contributed by atoms with Crippen molar-refractivity contribution in [2.75, 3.05) is 13.2 Å². The van der Waals surface area contributed by atoms with E-state index < -0.39 is 40.0 Å². The number of hydrogen-bond acceptors (Lipinski definition) is 4. The van der Waals surface area contributed by atoms with Crippen molar-refractivity contribution >= 4 is 16.0 Å². The molecular weight excluding hydrogens is 464 g/mol. The minimum atomic E-state index is -3.84. The summed E-state index contributed by atoms with van der Waals surface area (Å²) < 4.78 is 61.5. The number of benzene rings is 3. The highest BCUT2D eigenvalue weighted by molar-refractivity contribution is 7.89. The summed E-state index contributed by atoms with van der Waals surface area (Å²) in [4.78, 5) is 11.6. The average Bonchev–Trinajstić information content (AvgIpc) is 2.90. The van der Waals surface area contributed by atoms with Gasteiger partial charge in [0.05, 0.1) is 6.42 Å². The molecule has 178 valence electrons. The highest BCUT2D eigenvalue weighted by Gasteiger charge is 2.31. The maximum absolute atomic E-state index is 14.5. The Hall–Kier alpha value is -3.30. The number of sulfonamides is 1. The van der Waals surface area contributed by atoms with E-state index in [-0.39, 0.29) is 30.2 Å². The van der Waals surface area contributed by atoms with Crippen molar-refractivity contribution in [1.82, 2.24) is 4.31 Å². The monoisotopic (exact) mass is 487 g/mol. The van der Waals surface area contributed by atoms with E-state index in [2.05, 4.69) is 0 Å². The smallest absolute Gasteiger partial charge is 0.304 e. The Bertz CT molecular complexity index is 1340. The lowest BCUT2D eigenvalue weighted by molar-refractivity contribution is -0.137. The van der Waals surface area contributed by atoms with Crippen LogP contribution < -0.4 is 4.74 Å². The van der Waals surface area contributed by atoms with Crippen molar-refractivity contribution in [1.29, 1.82) is 0 Å². The number of para-hydroxylation sites is 1. The Balaban J connectivity index is 1.72. The lowest BCUT2D eigenvalue weighted by Gasteiger charge is -2.23. The van der Waals surface area contributed by atoms with Crippen molar-refractivity contribution in [3.05, 3.63) is 94.6 Å². The molecule has 0 saturated carbocycles. The number of nitrogens with zero attached hydrogens (tertiary/aromatic N) is 1. The van der Waals surface area contributed by atoms with Crippen LogP contribution >= 0.6 is 0 Å². The topological polar surface area (TPSA) is 83.9 Å². The van der Waals surface area contributed by atoms with Gasteiger partial charge in [-0.25, -0.2) is 17.2 Å². The van der Waals surface area contributed by atoms with Crippen LogP contribution in [0.2, 0.25) is 0 Å². The van der Waals surface area contributed by atoms with Crippen molar-refractivity contribution in [2.24, 2.45) is 0 Å². The second-order valence-electron chi connectivity index (χ2n) is 8.14. The van der Waals surface area contributed by atoms with Gasteiger partial charge in [0.25, 0.3) is 0 Å². The summed E-state index contributed by atoms with van der Waals surface area (Å²) in [5.41, 5.74) is 2.00. The number of carboxylic acid groups (broad SMARTS) is 1. The fraction of sp³-hybridized carbons (Fsp3) is 0.240. The van der Waals surface area contributed by atoms with Crippen molar-refractivity contribution in [2.45, 2.75) is 30.7 Å². The highest BCUT2D eigenvalue weighted by atomic mass is 32.2. The Morgan fingerprint density at radius 3 is 2.62 bits per heavy atom. The normalized spacial score (nSPS) is 16.2. The molecule has 1 atom stereocenters. The third-order valence-corrected chi connectivity index (χ3v) is 7.79. The molecule has 0 amide bonds. The van der Waals surface area contributed by atoms with Gasteiger partial charge in [0, 0.05) is 25.1 Å². The Morgan fingerprint density at radius 1 is 1.12 bits per heavy atom. The first-order valence-electron chi connectivity index (χ1n) is 10.6. The fourth-order valence-electron chi connectivity index (χ4n) is 4.10. The first-order valence-corrected chi connectivity index (χ1v) is 12.1. The van der Waals surface area contributed by atoms with E-state index in [4.69, 9.17) is 4.74 Å². The Kier molecular flexibility index (Phi) is 6.67. The maximum Gasteiger partial charge on any atom is 0.304 e. The zero-order valence-electron chi connectivity index (χ0n) is 18.4. The van der Waals surface area contributed by atoms with E-state index >= 15 is 0 Å². The number of ether oxygens (including phenoxy) is 1. The average molecular weight is 488 g/mol. The number of rotatable bonds is 6. The number of carboxylic acids is 1. The fourth-order valence-corrected chi connectivity index (χ4v) is 5.63. The van der Waals surface area contributed by atoms with Gasteiger partial charge in [0.2, 0.25) is 10.0 Å². The largest absolute Gasteiger partial charge is 0.491 e. The summed E-state index contributed by atoms with van der Waals surface area (Å²) in [6, 6.07) is 14.6. The molecule has 1 aliphatic rings. The van der Waals surface area contributed by atoms with Crippen molar-refractivity contribution in [3.8, 4) is 5.75 Å². The lowest BCUT2D eigenvalue weighted by Crippen LogP contribution is -2.32. The zero-order valence-corrected chi connectivity index (χ0v) is 19.2. The van der Waals surface area contributed by atoms with E-state index in [1.54, 1.807) is 36.4 Å². The van der Waals surface area contributed by atoms with Crippen LogP contribution in [-0.4, -0.2) is 37.0 Å². The number of hydrogen-bond donors (Lipinski definition) is 1. The van der Waals surface area contributed by atoms with Crippen LogP contribution in [0.15, 0.2) is 65.6 Å². The first-order chi connectivity index (χ1) is 16.2. The number of halogens is 2. The molecule has 1 unspecified atom stereocenters. The molecule has 0 spiro atoms. The molecule has 1 aliphatic heterocycles. The number of aliphatic carboxylic acids is 1. The molecular formula is C25H23F2NO5S. The molecule has 9 heteroatoms. The molecule has 6 nitrogen and oxygen atoms in total. The standard InChI is InChI=1S/C25H23F2NO5S/c1-16-6-7-17(21(14-25(29)30)20-9-8-19(26)13-22(20)27)12-18(16)15-28-10-11-33-23-4-2-3-5-24(23)34(28,31)32/h2-9,12-13,21H,10-11,14-15H2,1H3,(H,29,30). The minimum Gasteiger partial charge on any atom is -0.491 e. The van der Waals surface area contributed by atoms with E-state index in [0.717, 1.165) is 17.7 Å². The van der Waals surface area contributed by atoms with Gasteiger partial charge in [0.1, 0.15) is 28.9 Å². The third kappa shape index (κ3) is 4.80. The summed E-state index contributed by atoms with van der Waals surface area (Å²) in [7, 11) is -3.84. The number of fused-ring (bicyclic) bond motifs is 1. The van der Waals surface area contributed by atoms with Gasteiger partial charge < -0.3 is 9.84 Å². The minimum absolute atomic E-state index is 0.0331. The van der Waals surface area contributed by atoms with Gasteiger partial charge >= 0.3 is 5.97 Å². The van der Waals surface area contributed by atoms with Crippen LogP contribution in [0.5, 0.6) is 5.75 Å². The number of aryl methyl sites for hydroxylation is 1. The second-order valence-corrected chi connectivity index (χ2v) is 10.0. The molecule has 0 aliphatic carbocycles. The van der Waals surface area contributed by atoms with Gasteiger partial charge in [-0.05, 0) is 47.4 Å². The molecule has 3 aromatic rings. The van der Waals surface area contributed by atoms with Gasteiger partial charge in [-0.1, -0.05) is 36.4 Å². The van der Waals surface area contributed by atoms with Crippen LogP contribution in [-0.2, 0) is 21.4 Å². The molecule has 0 saturated heterocycles. The quantitative estimate of drug-likeness (QED) is 0.555. The van der Waals surface area contributed by atoms with Gasteiger partial charge in [-0.15, -0.1) is 0 Å². The van der Waals surface area contributed by atoms with E-state index in [9.17, 15) is 27.1 Å². The Labute approximate surface area is 196 Å². The van der Waals surface area contributed by atoms with Gasteiger partial charge in [-0.2, -0.15) is 4.31 Å². The molecule has 34 heavy (non-hydrogen) atoms. The second kappa shape index (κ2) is 9.52. The van der Waals surface area contributed by atoms with Crippen LogP contribution in [0.3, 0.4) is 0 Å². The predicted octanol–water partition coefficient (Wildman–Crippen LogP) is 4.46. The van der Waals surface area contributed by atoms with E-state index in [1.807, 2.05) is 6.92 Å². The molecule has 1 N–H and O–H groups in total. The molecule has 3 aromatic carbocycles. The number of carbonyl (C=O) groups is 1.